The second-order valence-electron chi connectivity index (χ2n) is 4.78. The summed E-state index contributed by atoms with van der Waals surface area (Å²) in [5, 5.41) is 11.2. The maximum Gasteiger partial charge on any atom is 0.332 e. The van der Waals surface area contributed by atoms with Gasteiger partial charge in [-0.05, 0) is 32.5 Å². The lowest BCUT2D eigenvalue weighted by atomic mass is 10.2. The number of hydrogen-bond acceptors (Lipinski definition) is 6. The molecule has 8 heteroatoms. The van der Waals surface area contributed by atoms with Crippen LogP contribution < -0.4 is 4.90 Å². The van der Waals surface area contributed by atoms with E-state index in [1.165, 1.54) is 0 Å². The van der Waals surface area contributed by atoms with E-state index in [4.69, 9.17) is 11.6 Å². The Morgan fingerprint density at radius 3 is 2.68 bits per heavy atom. The van der Waals surface area contributed by atoms with Crippen molar-refractivity contribution in [1.82, 2.24) is 14.9 Å². The minimum absolute atomic E-state index is 0.0460. The fourth-order valence-corrected chi connectivity index (χ4v) is 2.40. The molecule has 0 aliphatic carbocycles. The summed E-state index contributed by atoms with van der Waals surface area (Å²) in [6.07, 6.45) is 0. The predicted molar refractivity (Wildman–Crippen MR) is 72.7 cm³/mol. The maximum atomic E-state index is 11.2. The number of aryl methyl sites for hydroxylation is 1. The van der Waals surface area contributed by atoms with Crippen molar-refractivity contribution in [3.05, 3.63) is 21.1 Å². The van der Waals surface area contributed by atoms with Gasteiger partial charge in [0.05, 0.1) is 4.92 Å². The third-order valence-electron chi connectivity index (χ3n) is 3.45. The van der Waals surface area contributed by atoms with E-state index < -0.39 is 4.92 Å². The monoisotopic (exact) mass is 285 g/mol. The van der Waals surface area contributed by atoms with Gasteiger partial charge in [-0.15, -0.1) is 0 Å². The number of nitro groups is 1. The van der Waals surface area contributed by atoms with Crippen LogP contribution in [0.3, 0.4) is 0 Å². The largest absolute Gasteiger partial charge is 0.348 e. The number of rotatable bonds is 2. The topological polar surface area (TPSA) is 75.4 Å². The van der Waals surface area contributed by atoms with Crippen molar-refractivity contribution in [2.24, 2.45) is 0 Å². The summed E-state index contributed by atoms with van der Waals surface area (Å²) in [6.45, 7) is 5.86. The first-order valence-electron chi connectivity index (χ1n) is 6.04. The first-order chi connectivity index (χ1) is 8.90. The second-order valence-corrected chi connectivity index (χ2v) is 5.12. The molecule has 7 nitrogen and oxygen atoms in total. The van der Waals surface area contributed by atoms with Gasteiger partial charge in [-0.2, -0.15) is 4.98 Å². The van der Waals surface area contributed by atoms with E-state index in [9.17, 15) is 10.1 Å². The number of hydrogen-bond donors (Lipinski definition) is 0. The third kappa shape index (κ3) is 2.76. The molecule has 0 N–H and O–H groups in total. The van der Waals surface area contributed by atoms with Crippen LogP contribution in [0.4, 0.5) is 11.5 Å². The van der Waals surface area contributed by atoms with Gasteiger partial charge in [0.15, 0.2) is 0 Å². The van der Waals surface area contributed by atoms with Gasteiger partial charge < -0.3 is 9.80 Å². The van der Waals surface area contributed by atoms with Gasteiger partial charge in [0.25, 0.3) is 0 Å². The minimum atomic E-state index is -0.440. The molecule has 1 aliphatic rings. The van der Waals surface area contributed by atoms with Crippen LogP contribution in [-0.4, -0.2) is 52.5 Å². The van der Waals surface area contributed by atoms with E-state index in [1.54, 1.807) is 6.92 Å². The zero-order valence-electron chi connectivity index (χ0n) is 11.1. The van der Waals surface area contributed by atoms with Crippen molar-refractivity contribution >= 4 is 23.1 Å². The van der Waals surface area contributed by atoms with Gasteiger partial charge >= 0.3 is 5.69 Å². The molecule has 0 radical (unpaired) electrons. The molecule has 2 heterocycles. The van der Waals surface area contributed by atoms with E-state index in [1.807, 2.05) is 11.9 Å². The summed E-state index contributed by atoms with van der Waals surface area (Å²) >= 11 is 5.83. The van der Waals surface area contributed by atoms with Crippen molar-refractivity contribution in [3.8, 4) is 0 Å². The van der Waals surface area contributed by atoms with E-state index >= 15 is 0 Å². The lowest BCUT2D eigenvalue weighted by Crippen LogP contribution is -2.50. The highest BCUT2D eigenvalue weighted by Gasteiger charge is 2.30. The minimum Gasteiger partial charge on any atom is -0.348 e. The number of nitrogens with zero attached hydrogens (tertiary/aromatic N) is 5. The lowest BCUT2D eigenvalue weighted by Gasteiger charge is -2.38. The Morgan fingerprint density at radius 2 is 2.11 bits per heavy atom. The van der Waals surface area contributed by atoms with Crippen LogP contribution >= 0.6 is 11.6 Å². The molecule has 0 bridgehead atoms. The number of anilines is 1. The quantitative estimate of drug-likeness (QED) is 0.465. The van der Waals surface area contributed by atoms with Gasteiger partial charge in [-0.25, -0.2) is 4.98 Å². The first-order valence-corrected chi connectivity index (χ1v) is 6.41. The van der Waals surface area contributed by atoms with Gasteiger partial charge in [-0.1, -0.05) is 0 Å². The Balaban J connectivity index is 2.41. The zero-order valence-corrected chi connectivity index (χ0v) is 11.9. The van der Waals surface area contributed by atoms with Crippen LogP contribution in [0.25, 0.3) is 0 Å². The van der Waals surface area contributed by atoms with Crippen molar-refractivity contribution in [2.45, 2.75) is 19.9 Å². The van der Waals surface area contributed by atoms with Gasteiger partial charge in [0.2, 0.25) is 11.1 Å². The van der Waals surface area contributed by atoms with E-state index in [0.29, 0.717) is 30.6 Å². The number of aromatic nitrogens is 2. The number of halogens is 1. The molecular weight excluding hydrogens is 270 g/mol. The molecule has 1 unspecified atom stereocenters. The van der Waals surface area contributed by atoms with Crippen molar-refractivity contribution < 1.29 is 4.92 Å². The predicted octanol–water partition coefficient (Wildman–Crippen LogP) is 1.49. The molecular formula is C11H16ClN5O2. The third-order valence-corrected chi connectivity index (χ3v) is 3.62. The Kier molecular flexibility index (Phi) is 3.86. The number of piperazine rings is 1. The Labute approximate surface area is 116 Å². The molecule has 2 rings (SSSR count). The van der Waals surface area contributed by atoms with Crippen LogP contribution in [0.1, 0.15) is 12.6 Å². The highest BCUT2D eigenvalue weighted by molar-refractivity contribution is 6.28. The molecule has 1 atom stereocenters. The molecule has 19 heavy (non-hydrogen) atoms. The summed E-state index contributed by atoms with van der Waals surface area (Å²) < 4.78 is 0. The van der Waals surface area contributed by atoms with Crippen molar-refractivity contribution in [1.29, 1.82) is 0 Å². The molecule has 0 aromatic carbocycles. The van der Waals surface area contributed by atoms with Crippen LogP contribution in [0.5, 0.6) is 0 Å². The molecule has 1 aromatic heterocycles. The molecule has 104 valence electrons. The first kappa shape index (κ1) is 14.0. The van der Waals surface area contributed by atoms with E-state index in [0.717, 1.165) is 6.54 Å². The molecule has 1 aromatic rings. The average molecular weight is 286 g/mol. The molecule has 1 aliphatic heterocycles. The Hall–Kier alpha value is -1.47. The molecule has 1 saturated heterocycles. The molecule has 0 saturated carbocycles. The smallest absolute Gasteiger partial charge is 0.332 e. The van der Waals surface area contributed by atoms with E-state index in [-0.39, 0.29) is 11.0 Å². The van der Waals surface area contributed by atoms with Crippen molar-refractivity contribution in [2.75, 3.05) is 31.6 Å². The summed E-state index contributed by atoms with van der Waals surface area (Å²) in [5.74, 6) is 0.322. The van der Waals surface area contributed by atoms with Crippen LogP contribution in [0, 0.1) is 17.0 Å². The van der Waals surface area contributed by atoms with Gasteiger partial charge in [0.1, 0.15) is 5.69 Å². The molecule has 0 amide bonds. The Bertz CT molecular complexity index is 510. The number of likely N-dealkylation sites (N-methyl/N-ethyl adjacent to an activating group) is 1. The standard InChI is InChI=1S/C11H16ClN5O2/c1-7-6-16(5-4-15(7)3)10-9(17(18)19)8(2)13-11(12)14-10/h7H,4-6H2,1-3H3. The van der Waals surface area contributed by atoms with E-state index in [2.05, 4.69) is 21.8 Å². The highest BCUT2D eigenvalue weighted by Crippen LogP contribution is 2.30. The maximum absolute atomic E-state index is 11.2. The highest BCUT2D eigenvalue weighted by atomic mass is 35.5. The summed E-state index contributed by atoms with van der Waals surface area (Å²) in [5.41, 5.74) is 0.243. The summed E-state index contributed by atoms with van der Waals surface area (Å²) in [7, 11) is 2.04. The van der Waals surface area contributed by atoms with Gasteiger partial charge in [-0.3, -0.25) is 10.1 Å². The summed E-state index contributed by atoms with van der Waals surface area (Å²) in [6, 6.07) is 0.308. The van der Waals surface area contributed by atoms with Crippen LogP contribution in [-0.2, 0) is 0 Å². The van der Waals surface area contributed by atoms with Crippen LogP contribution in [0.2, 0.25) is 5.28 Å². The summed E-state index contributed by atoms with van der Waals surface area (Å²) in [4.78, 5) is 22.8. The van der Waals surface area contributed by atoms with Crippen molar-refractivity contribution in [3.63, 3.8) is 0 Å². The lowest BCUT2D eigenvalue weighted by molar-refractivity contribution is -0.385. The molecule has 0 spiro atoms. The average Bonchev–Trinajstić information content (AvgIpc) is 2.31. The van der Waals surface area contributed by atoms with Gasteiger partial charge in [0, 0.05) is 25.7 Å². The normalized spacial score (nSPS) is 20.6. The SMILES string of the molecule is Cc1nc(Cl)nc(N2CCN(C)C(C)C2)c1[N+](=O)[O-]. The fourth-order valence-electron chi connectivity index (χ4n) is 2.19. The molecule has 1 fully saturated rings. The fraction of sp³-hybridized carbons (Fsp3) is 0.636. The Morgan fingerprint density at radius 1 is 1.42 bits per heavy atom. The van der Waals surface area contributed by atoms with Crippen LogP contribution in [0.15, 0.2) is 0 Å². The second kappa shape index (κ2) is 5.26. The zero-order chi connectivity index (χ0) is 14.2.